The molecule has 0 unspecified atom stereocenters. The summed E-state index contributed by atoms with van der Waals surface area (Å²) in [6.07, 6.45) is 6.56. The van der Waals surface area contributed by atoms with Gasteiger partial charge < -0.3 is 9.47 Å². The third-order valence-electron chi connectivity index (χ3n) is 4.34. The van der Waals surface area contributed by atoms with Gasteiger partial charge in [0.15, 0.2) is 5.78 Å². The van der Waals surface area contributed by atoms with E-state index in [4.69, 9.17) is 9.47 Å². The predicted octanol–water partition coefficient (Wildman–Crippen LogP) is 4.92. The fourth-order valence-corrected chi connectivity index (χ4v) is 3.04. The first-order valence-corrected chi connectivity index (χ1v) is 8.43. The maximum atomic E-state index is 12.8. The van der Waals surface area contributed by atoms with Gasteiger partial charge >= 0.3 is 0 Å². The quantitative estimate of drug-likeness (QED) is 0.744. The number of allylic oxidation sites excluding steroid dienone is 2. The summed E-state index contributed by atoms with van der Waals surface area (Å²) in [5, 5.41) is 0. The highest BCUT2D eigenvalue weighted by Crippen LogP contribution is 2.29. The Bertz CT molecular complexity index is 763. The Kier molecular flexibility index (Phi) is 5.34. The smallest absolute Gasteiger partial charge is 0.185 e. The van der Waals surface area contributed by atoms with Crippen LogP contribution in [0.25, 0.3) is 12.2 Å². The maximum Gasteiger partial charge on any atom is 0.185 e. The molecule has 25 heavy (non-hydrogen) atoms. The molecule has 2 aromatic rings. The number of ketones is 1. The van der Waals surface area contributed by atoms with Crippen molar-refractivity contribution < 1.29 is 14.3 Å². The Morgan fingerprint density at radius 2 is 1.28 bits per heavy atom. The molecule has 128 valence electrons. The summed E-state index contributed by atoms with van der Waals surface area (Å²) in [6.45, 7) is 0. The monoisotopic (exact) mass is 334 g/mol. The minimum atomic E-state index is 0.136. The molecular formula is C22H22O3. The largest absolute Gasteiger partial charge is 0.497 e. The first-order chi connectivity index (χ1) is 12.2. The molecule has 0 saturated heterocycles. The van der Waals surface area contributed by atoms with Gasteiger partial charge in [0.2, 0.25) is 0 Å². The van der Waals surface area contributed by atoms with Crippen molar-refractivity contribution in [3.8, 4) is 11.5 Å². The van der Waals surface area contributed by atoms with Crippen LogP contribution in [0.1, 0.15) is 30.4 Å². The molecule has 0 atom stereocenters. The zero-order valence-electron chi connectivity index (χ0n) is 14.6. The zero-order valence-corrected chi connectivity index (χ0v) is 14.6. The lowest BCUT2D eigenvalue weighted by atomic mass is 9.87. The molecule has 0 aliphatic heterocycles. The van der Waals surface area contributed by atoms with Crippen LogP contribution in [0, 0.1) is 0 Å². The van der Waals surface area contributed by atoms with E-state index in [1.165, 1.54) is 0 Å². The van der Waals surface area contributed by atoms with Crippen LogP contribution in [-0.2, 0) is 4.79 Å². The molecule has 0 bridgehead atoms. The van der Waals surface area contributed by atoms with Crippen molar-refractivity contribution in [3.05, 3.63) is 70.8 Å². The van der Waals surface area contributed by atoms with Crippen LogP contribution in [0.3, 0.4) is 0 Å². The first-order valence-electron chi connectivity index (χ1n) is 8.43. The number of rotatable bonds is 4. The fourth-order valence-electron chi connectivity index (χ4n) is 3.04. The van der Waals surface area contributed by atoms with Crippen LogP contribution in [0.4, 0.5) is 0 Å². The Morgan fingerprint density at radius 1 is 0.800 bits per heavy atom. The summed E-state index contributed by atoms with van der Waals surface area (Å²) >= 11 is 0. The molecule has 1 fully saturated rings. The number of ether oxygens (including phenoxy) is 2. The summed E-state index contributed by atoms with van der Waals surface area (Å²) < 4.78 is 10.5. The number of benzene rings is 2. The van der Waals surface area contributed by atoms with Gasteiger partial charge in [0.25, 0.3) is 0 Å². The molecule has 1 aliphatic carbocycles. The number of hydrogen-bond donors (Lipinski definition) is 0. The van der Waals surface area contributed by atoms with Crippen molar-refractivity contribution in [1.82, 2.24) is 0 Å². The standard InChI is InChI=1S/C22H22O3/c1-24-20-10-3-6-16(14-20)12-18-8-5-9-19(22(18)23)13-17-7-4-11-21(15-17)25-2/h3-4,6-7,10-15H,5,8-9H2,1-2H3/b18-12-,19-13-. The SMILES string of the molecule is COc1cccc(/C=C2/CCC/C(=C/c3cccc(OC)c3)C2=O)c1. The molecule has 1 saturated carbocycles. The normalized spacial score (nSPS) is 17.8. The zero-order chi connectivity index (χ0) is 17.6. The molecule has 0 aromatic heterocycles. The summed E-state index contributed by atoms with van der Waals surface area (Å²) in [5.41, 5.74) is 3.69. The third kappa shape index (κ3) is 4.18. The number of methoxy groups -OCH3 is 2. The highest BCUT2D eigenvalue weighted by Gasteiger charge is 2.20. The van der Waals surface area contributed by atoms with Crippen LogP contribution in [-0.4, -0.2) is 20.0 Å². The molecule has 3 rings (SSSR count). The van der Waals surface area contributed by atoms with Crippen molar-refractivity contribution in [2.75, 3.05) is 14.2 Å². The Labute approximate surface area is 148 Å². The second-order valence-electron chi connectivity index (χ2n) is 6.08. The molecule has 0 heterocycles. The first kappa shape index (κ1) is 17.0. The highest BCUT2D eigenvalue weighted by molar-refractivity contribution is 6.14. The Morgan fingerprint density at radius 3 is 1.72 bits per heavy atom. The Balaban J connectivity index is 1.87. The van der Waals surface area contributed by atoms with Crippen molar-refractivity contribution in [3.63, 3.8) is 0 Å². The Hall–Kier alpha value is -2.81. The van der Waals surface area contributed by atoms with E-state index in [2.05, 4.69) is 0 Å². The van der Waals surface area contributed by atoms with Gasteiger partial charge in [-0.15, -0.1) is 0 Å². The van der Waals surface area contributed by atoms with E-state index >= 15 is 0 Å². The average Bonchev–Trinajstić information content (AvgIpc) is 2.65. The van der Waals surface area contributed by atoms with Crippen LogP contribution in [0.2, 0.25) is 0 Å². The lowest BCUT2D eigenvalue weighted by molar-refractivity contribution is -0.112. The van der Waals surface area contributed by atoms with E-state index in [-0.39, 0.29) is 5.78 Å². The van der Waals surface area contributed by atoms with E-state index < -0.39 is 0 Å². The molecule has 1 aliphatic rings. The number of Topliss-reactive ketones (excluding diaryl/α,β-unsaturated/α-hetero) is 1. The molecule has 0 N–H and O–H groups in total. The molecule has 0 radical (unpaired) electrons. The topological polar surface area (TPSA) is 35.5 Å². The van der Waals surface area contributed by atoms with Gasteiger partial charge in [-0.2, -0.15) is 0 Å². The summed E-state index contributed by atoms with van der Waals surface area (Å²) in [6, 6.07) is 15.5. The van der Waals surface area contributed by atoms with Gasteiger partial charge in [-0.3, -0.25) is 4.79 Å². The maximum absolute atomic E-state index is 12.8. The highest BCUT2D eigenvalue weighted by atomic mass is 16.5. The van der Waals surface area contributed by atoms with Gasteiger partial charge in [0.1, 0.15) is 11.5 Å². The fraction of sp³-hybridized carbons (Fsp3) is 0.227. The molecule has 0 amide bonds. The molecule has 3 nitrogen and oxygen atoms in total. The van der Waals surface area contributed by atoms with Crippen molar-refractivity contribution in [1.29, 1.82) is 0 Å². The average molecular weight is 334 g/mol. The van der Waals surface area contributed by atoms with Crippen LogP contribution in [0.15, 0.2) is 59.7 Å². The number of hydrogen-bond acceptors (Lipinski definition) is 3. The van der Waals surface area contributed by atoms with Crippen molar-refractivity contribution in [2.45, 2.75) is 19.3 Å². The lowest BCUT2D eigenvalue weighted by Gasteiger charge is -2.17. The van der Waals surface area contributed by atoms with E-state index in [1.54, 1.807) is 14.2 Å². The third-order valence-corrected chi connectivity index (χ3v) is 4.34. The van der Waals surface area contributed by atoms with Crippen molar-refractivity contribution >= 4 is 17.9 Å². The number of carbonyl (C=O) groups excluding carboxylic acids is 1. The van der Waals surface area contributed by atoms with Gasteiger partial charge in [0, 0.05) is 11.1 Å². The summed E-state index contributed by atoms with van der Waals surface area (Å²) in [7, 11) is 3.29. The minimum Gasteiger partial charge on any atom is -0.497 e. The second-order valence-corrected chi connectivity index (χ2v) is 6.08. The van der Waals surface area contributed by atoms with Crippen LogP contribution < -0.4 is 9.47 Å². The van der Waals surface area contributed by atoms with E-state index in [1.807, 2.05) is 60.7 Å². The summed E-state index contributed by atoms with van der Waals surface area (Å²) in [5.74, 6) is 1.73. The van der Waals surface area contributed by atoms with E-state index in [0.717, 1.165) is 53.0 Å². The van der Waals surface area contributed by atoms with Gasteiger partial charge in [-0.1, -0.05) is 24.3 Å². The molecule has 0 spiro atoms. The minimum absolute atomic E-state index is 0.136. The van der Waals surface area contributed by atoms with Gasteiger partial charge in [-0.25, -0.2) is 0 Å². The molecular weight excluding hydrogens is 312 g/mol. The van der Waals surface area contributed by atoms with Crippen molar-refractivity contribution in [2.24, 2.45) is 0 Å². The van der Waals surface area contributed by atoms with Crippen LogP contribution >= 0.6 is 0 Å². The van der Waals surface area contributed by atoms with Gasteiger partial charge in [0.05, 0.1) is 14.2 Å². The predicted molar refractivity (Wildman–Crippen MR) is 101 cm³/mol. The van der Waals surface area contributed by atoms with Crippen LogP contribution in [0.5, 0.6) is 11.5 Å². The summed E-state index contributed by atoms with van der Waals surface area (Å²) in [4.78, 5) is 12.8. The molecule has 2 aromatic carbocycles. The second kappa shape index (κ2) is 7.84. The van der Waals surface area contributed by atoms with E-state index in [0.29, 0.717) is 0 Å². The number of carbonyl (C=O) groups is 1. The lowest BCUT2D eigenvalue weighted by Crippen LogP contribution is -2.12. The van der Waals surface area contributed by atoms with E-state index in [9.17, 15) is 4.79 Å². The molecule has 3 heteroatoms. The van der Waals surface area contributed by atoms with Gasteiger partial charge in [-0.05, 0) is 66.8 Å².